The average Bonchev–Trinajstić information content (AvgIpc) is 2.68. The largest absolute Gasteiger partial charge is 0.496 e. The van der Waals surface area contributed by atoms with E-state index in [9.17, 15) is 14.1 Å². The zero-order valence-corrected chi connectivity index (χ0v) is 17.2. The van der Waals surface area contributed by atoms with Crippen molar-refractivity contribution in [1.29, 1.82) is 0 Å². The van der Waals surface area contributed by atoms with Crippen molar-refractivity contribution in [3.8, 4) is 11.6 Å². The summed E-state index contributed by atoms with van der Waals surface area (Å²) in [6.45, 7) is 8.04. The fraction of sp³-hybridized carbons (Fsp3) is 0.368. The molecule has 0 radical (unpaired) electrons. The molecule has 1 unspecified atom stereocenters. The van der Waals surface area contributed by atoms with Crippen LogP contribution in [0, 0.1) is 0 Å². The van der Waals surface area contributed by atoms with Crippen LogP contribution in [0.3, 0.4) is 0 Å². The first-order valence-electron chi connectivity index (χ1n) is 8.51. The van der Waals surface area contributed by atoms with Gasteiger partial charge in [0, 0.05) is 6.20 Å². The van der Waals surface area contributed by atoms with E-state index in [1.165, 1.54) is 26.4 Å². The monoisotopic (exact) mass is 394 g/mol. The van der Waals surface area contributed by atoms with Gasteiger partial charge in [-0.3, -0.25) is 4.72 Å². The number of nitrogens with zero attached hydrogens (tertiary/aromatic N) is 1. The maximum atomic E-state index is 12.6. The van der Waals surface area contributed by atoms with Crippen molar-refractivity contribution >= 4 is 22.6 Å². The molecule has 0 bridgehead atoms. The van der Waals surface area contributed by atoms with Crippen LogP contribution in [0.5, 0.6) is 11.6 Å². The molecule has 2 rings (SSSR count). The van der Waals surface area contributed by atoms with Crippen LogP contribution in [0.15, 0.2) is 35.4 Å². The lowest BCUT2D eigenvalue weighted by molar-refractivity contribution is 0.0693. The Kier molecular flexibility index (Phi) is 8.74. The predicted molar refractivity (Wildman–Crippen MR) is 106 cm³/mol. The van der Waals surface area contributed by atoms with Crippen LogP contribution in [0.2, 0.25) is 0 Å². The Hall–Kier alpha value is -2.61. The fourth-order valence-electron chi connectivity index (χ4n) is 2.15. The highest BCUT2D eigenvalue weighted by atomic mass is 32.2. The molecule has 0 aliphatic heterocycles. The Morgan fingerprint density at radius 3 is 2.37 bits per heavy atom. The normalized spacial score (nSPS) is 11.2. The maximum absolute atomic E-state index is 12.6. The summed E-state index contributed by atoms with van der Waals surface area (Å²) in [4.78, 5) is 15.8. The number of methoxy groups -OCH3 is 2. The first-order valence-corrected chi connectivity index (χ1v) is 9.66. The van der Waals surface area contributed by atoms with E-state index in [-0.39, 0.29) is 17.2 Å². The summed E-state index contributed by atoms with van der Waals surface area (Å²) in [5.74, 6) is -0.400. The van der Waals surface area contributed by atoms with E-state index < -0.39 is 17.0 Å². The quantitative estimate of drug-likeness (QED) is 0.734. The number of carboxylic acid groups (broad SMARTS) is 1. The Labute approximate surface area is 162 Å². The molecule has 2 N–H and O–H groups in total. The molecular weight excluding hydrogens is 368 g/mol. The molecule has 2 aromatic rings. The zero-order valence-electron chi connectivity index (χ0n) is 16.4. The lowest BCUT2D eigenvalue weighted by Gasteiger charge is -2.13. The number of nitrogens with one attached hydrogen (secondary N) is 1. The number of aromatic nitrogens is 1. The van der Waals surface area contributed by atoms with E-state index in [2.05, 4.69) is 9.71 Å². The minimum absolute atomic E-state index is 0.0591. The summed E-state index contributed by atoms with van der Waals surface area (Å²) < 4.78 is 25.6. The molecule has 0 amide bonds. The molecule has 0 aliphatic rings. The fourth-order valence-corrected chi connectivity index (χ4v) is 3.03. The van der Waals surface area contributed by atoms with E-state index in [4.69, 9.17) is 9.47 Å². The minimum atomic E-state index is -1.69. The van der Waals surface area contributed by atoms with Crippen LogP contribution >= 0.6 is 0 Å². The van der Waals surface area contributed by atoms with E-state index in [1.807, 2.05) is 33.8 Å². The minimum Gasteiger partial charge on any atom is -0.496 e. The van der Waals surface area contributed by atoms with E-state index >= 15 is 0 Å². The van der Waals surface area contributed by atoms with E-state index in [0.717, 1.165) is 5.56 Å². The van der Waals surface area contributed by atoms with Crippen molar-refractivity contribution in [1.82, 2.24) is 4.98 Å². The first kappa shape index (κ1) is 22.4. The molecule has 0 aliphatic carbocycles. The number of pyridine rings is 1. The average molecular weight is 394 g/mol. The Morgan fingerprint density at radius 1 is 1.19 bits per heavy atom. The highest BCUT2D eigenvalue weighted by molar-refractivity contribution is 7.86. The van der Waals surface area contributed by atoms with Gasteiger partial charge in [0.2, 0.25) is 5.88 Å². The van der Waals surface area contributed by atoms with Crippen LogP contribution in [-0.4, -0.2) is 34.5 Å². The first-order chi connectivity index (χ1) is 12.9. The number of benzene rings is 1. The van der Waals surface area contributed by atoms with Gasteiger partial charge >= 0.3 is 5.97 Å². The summed E-state index contributed by atoms with van der Waals surface area (Å²) >= 11 is 0. The number of hydrogen-bond acceptors (Lipinski definition) is 5. The van der Waals surface area contributed by atoms with Crippen molar-refractivity contribution in [2.24, 2.45) is 0 Å². The van der Waals surface area contributed by atoms with Gasteiger partial charge in [-0.25, -0.2) is 14.0 Å². The molecule has 27 heavy (non-hydrogen) atoms. The second kappa shape index (κ2) is 10.5. The van der Waals surface area contributed by atoms with E-state index in [1.54, 1.807) is 12.3 Å². The maximum Gasteiger partial charge on any atom is 0.339 e. The van der Waals surface area contributed by atoms with Crippen molar-refractivity contribution in [3.05, 3.63) is 41.6 Å². The molecule has 1 aromatic heterocycles. The smallest absolute Gasteiger partial charge is 0.339 e. The molecule has 148 valence electrons. The third-order valence-corrected chi connectivity index (χ3v) is 4.64. The third-order valence-electron chi connectivity index (χ3n) is 3.55. The van der Waals surface area contributed by atoms with E-state index in [0.29, 0.717) is 16.5 Å². The number of ether oxygens (including phenoxy) is 2. The summed E-state index contributed by atoms with van der Waals surface area (Å²) in [5, 5.41) is 9.24. The topological polar surface area (TPSA) is 97.8 Å². The Morgan fingerprint density at radius 2 is 1.85 bits per heavy atom. The van der Waals surface area contributed by atoms with Gasteiger partial charge in [-0.15, -0.1) is 0 Å². The SMILES string of the molecule is CC.COc1ccc(S(=O)Nc2cc(C(C)C)cnc2OC)cc1C(=O)O. The van der Waals surface area contributed by atoms with Crippen LogP contribution in [0.4, 0.5) is 5.69 Å². The Bertz CT molecular complexity index is 809. The lowest BCUT2D eigenvalue weighted by Crippen LogP contribution is -2.09. The summed E-state index contributed by atoms with van der Waals surface area (Å²) in [6, 6.07) is 6.14. The number of anilines is 1. The van der Waals surface area contributed by atoms with Crippen LogP contribution in [0.25, 0.3) is 0 Å². The van der Waals surface area contributed by atoms with Crippen molar-refractivity contribution < 1.29 is 23.6 Å². The molecule has 1 aromatic carbocycles. The number of rotatable bonds is 7. The third kappa shape index (κ3) is 5.68. The van der Waals surface area contributed by atoms with Gasteiger partial charge in [0.15, 0.2) is 0 Å². The van der Waals surface area contributed by atoms with Crippen molar-refractivity contribution in [2.45, 2.75) is 38.5 Å². The van der Waals surface area contributed by atoms with Crippen LogP contribution in [0.1, 0.15) is 49.5 Å². The molecule has 1 heterocycles. The highest BCUT2D eigenvalue weighted by Crippen LogP contribution is 2.28. The van der Waals surface area contributed by atoms with Gasteiger partial charge in [0.25, 0.3) is 0 Å². The van der Waals surface area contributed by atoms with Gasteiger partial charge in [0.1, 0.15) is 28.0 Å². The molecule has 0 fully saturated rings. The van der Waals surface area contributed by atoms with Crippen molar-refractivity contribution in [3.63, 3.8) is 0 Å². The van der Waals surface area contributed by atoms with Gasteiger partial charge in [-0.05, 0) is 35.7 Å². The van der Waals surface area contributed by atoms with Crippen LogP contribution in [-0.2, 0) is 11.0 Å². The number of carboxylic acids is 1. The summed E-state index contributed by atoms with van der Waals surface area (Å²) in [5.41, 5.74) is 1.37. The van der Waals surface area contributed by atoms with Gasteiger partial charge in [-0.1, -0.05) is 27.7 Å². The van der Waals surface area contributed by atoms with Gasteiger partial charge < -0.3 is 14.6 Å². The number of aromatic carboxylic acids is 1. The number of hydrogen-bond donors (Lipinski definition) is 2. The van der Waals surface area contributed by atoms with Crippen LogP contribution < -0.4 is 14.2 Å². The second-order valence-corrected chi connectivity index (χ2v) is 6.73. The van der Waals surface area contributed by atoms with Gasteiger partial charge in [-0.2, -0.15) is 0 Å². The molecule has 8 heteroatoms. The molecule has 0 saturated carbocycles. The molecule has 0 saturated heterocycles. The number of carbonyl (C=O) groups is 1. The molecule has 1 atom stereocenters. The Balaban J connectivity index is 0.00000176. The molecular formula is C19H26N2O5S. The highest BCUT2D eigenvalue weighted by Gasteiger charge is 2.16. The lowest BCUT2D eigenvalue weighted by atomic mass is 10.1. The standard InChI is InChI=1S/C17H20N2O5S.C2H6/c1-10(2)11-7-14(16(24-4)18-9-11)19-25(22)12-5-6-15(23-3)13(8-12)17(20)21;1-2/h5-10,19H,1-4H3,(H,20,21);1-2H3. The molecule has 0 spiro atoms. The van der Waals surface area contributed by atoms with Crippen molar-refractivity contribution in [2.75, 3.05) is 18.9 Å². The summed E-state index contributed by atoms with van der Waals surface area (Å²) in [7, 11) is 1.16. The zero-order chi connectivity index (χ0) is 20.6. The predicted octanol–water partition coefficient (Wildman–Crippen LogP) is 4.08. The summed E-state index contributed by atoms with van der Waals surface area (Å²) in [6.07, 6.45) is 1.70. The molecule has 7 nitrogen and oxygen atoms in total. The second-order valence-electron chi connectivity index (χ2n) is 5.52. The van der Waals surface area contributed by atoms with Gasteiger partial charge in [0.05, 0.1) is 19.1 Å².